The lowest BCUT2D eigenvalue weighted by Gasteiger charge is -2.33. The molecule has 1 aliphatic carbocycles. The van der Waals surface area contributed by atoms with Gasteiger partial charge in [0.15, 0.2) is 4.58 Å². The summed E-state index contributed by atoms with van der Waals surface area (Å²) in [5.41, 5.74) is 1.33. The van der Waals surface area contributed by atoms with Crippen LogP contribution in [0.3, 0.4) is 0 Å². The number of benzene rings is 1. The van der Waals surface area contributed by atoms with E-state index >= 15 is 0 Å². The Hall–Kier alpha value is -0.380. The van der Waals surface area contributed by atoms with Crippen LogP contribution in [0.4, 0.5) is 4.39 Å². The van der Waals surface area contributed by atoms with Crippen LogP contribution in [0.2, 0.25) is 0 Å². The zero-order chi connectivity index (χ0) is 11.8. The highest BCUT2D eigenvalue weighted by Gasteiger charge is 2.44. The molecule has 1 aromatic carbocycles. The van der Waals surface area contributed by atoms with Gasteiger partial charge in [0.1, 0.15) is 5.06 Å². The third-order valence-corrected chi connectivity index (χ3v) is 3.59. The number of hydrogen-bond donors (Lipinski definition) is 1. The molecule has 0 radical (unpaired) electrons. The average Bonchev–Trinajstić information content (AvgIpc) is 2.16. The standard InChI is InChI=1S/C12H11BrClFO/c13-12(15)8-11(14,16)7-6-10(12)9-4-2-1-3-5-9/h1-6,16H,7-8H2. The lowest BCUT2D eigenvalue weighted by Crippen LogP contribution is -2.34. The first-order valence-corrected chi connectivity index (χ1v) is 6.13. The highest BCUT2D eigenvalue weighted by Crippen LogP contribution is 2.48. The normalized spacial score (nSPS) is 34.6. The molecule has 0 aliphatic heterocycles. The number of rotatable bonds is 1. The molecule has 0 heterocycles. The Morgan fingerprint density at radius 1 is 1.31 bits per heavy atom. The number of allylic oxidation sites excluding steroid dienone is 1. The summed E-state index contributed by atoms with van der Waals surface area (Å²) in [5.74, 6) is 0. The van der Waals surface area contributed by atoms with Crippen molar-refractivity contribution in [2.75, 3.05) is 0 Å². The summed E-state index contributed by atoms with van der Waals surface area (Å²) in [6, 6.07) is 9.24. The fourth-order valence-electron chi connectivity index (χ4n) is 1.86. The van der Waals surface area contributed by atoms with E-state index in [0.717, 1.165) is 5.56 Å². The lowest BCUT2D eigenvalue weighted by atomic mass is 9.90. The van der Waals surface area contributed by atoms with Crippen molar-refractivity contribution >= 4 is 33.1 Å². The largest absolute Gasteiger partial charge is 0.375 e. The van der Waals surface area contributed by atoms with Gasteiger partial charge in [-0.25, -0.2) is 4.39 Å². The van der Waals surface area contributed by atoms with E-state index in [-0.39, 0.29) is 12.8 Å². The first-order chi connectivity index (χ1) is 7.41. The van der Waals surface area contributed by atoms with E-state index in [1.807, 2.05) is 30.3 Å². The van der Waals surface area contributed by atoms with Crippen molar-refractivity contribution in [2.45, 2.75) is 22.5 Å². The Bertz CT molecular complexity index is 414. The van der Waals surface area contributed by atoms with Crippen molar-refractivity contribution in [3.05, 3.63) is 42.0 Å². The van der Waals surface area contributed by atoms with Gasteiger partial charge in [-0.05, 0) is 21.5 Å². The maximum absolute atomic E-state index is 14.3. The molecule has 1 aliphatic rings. The molecule has 0 aromatic heterocycles. The molecule has 0 bridgehead atoms. The lowest BCUT2D eigenvalue weighted by molar-refractivity contribution is 0.0891. The topological polar surface area (TPSA) is 20.2 Å². The first kappa shape index (κ1) is 12.1. The summed E-state index contributed by atoms with van der Waals surface area (Å²) in [6.45, 7) is 0. The summed E-state index contributed by atoms with van der Waals surface area (Å²) >= 11 is 8.74. The molecule has 2 atom stereocenters. The van der Waals surface area contributed by atoms with Gasteiger partial charge in [-0.3, -0.25) is 0 Å². The van der Waals surface area contributed by atoms with Crippen LogP contribution in [0.25, 0.3) is 5.57 Å². The monoisotopic (exact) mass is 304 g/mol. The maximum Gasteiger partial charge on any atom is 0.194 e. The van der Waals surface area contributed by atoms with Crippen molar-refractivity contribution < 1.29 is 9.50 Å². The van der Waals surface area contributed by atoms with Crippen LogP contribution in [0.1, 0.15) is 18.4 Å². The molecule has 2 rings (SSSR count). The van der Waals surface area contributed by atoms with Crippen molar-refractivity contribution in [3.63, 3.8) is 0 Å². The number of halogens is 3. The van der Waals surface area contributed by atoms with Crippen molar-refractivity contribution in [1.29, 1.82) is 0 Å². The number of hydrogen-bond acceptors (Lipinski definition) is 1. The molecule has 4 heteroatoms. The molecule has 0 spiro atoms. The summed E-state index contributed by atoms with van der Waals surface area (Å²) in [6.07, 6.45) is 1.72. The van der Waals surface area contributed by atoms with Gasteiger partial charge in [0.2, 0.25) is 0 Å². The van der Waals surface area contributed by atoms with Crippen molar-refractivity contribution in [2.24, 2.45) is 0 Å². The fourth-order valence-corrected chi connectivity index (χ4v) is 3.14. The van der Waals surface area contributed by atoms with E-state index in [0.29, 0.717) is 5.57 Å². The Morgan fingerprint density at radius 2 is 1.94 bits per heavy atom. The maximum atomic E-state index is 14.3. The Kier molecular flexibility index (Phi) is 3.12. The molecule has 0 saturated carbocycles. The number of alkyl halides is 3. The summed E-state index contributed by atoms with van der Waals surface area (Å²) in [5, 5.41) is 8.12. The van der Waals surface area contributed by atoms with Gasteiger partial charge >= 0.3 is 0 Å². The predicted molar refractivity (Wildman–Crippen MR) is 67.2 cm³/mol. The smallest absolute Gasteiger partial charge is 0.194 e. The van der Waals surface area contributed by atoms with Gasteiger partial charge in [0.25, 0.3) is 0 Å². The van der Waals surface area contributed by atoms with Crippen molar-refractivity contribution in [3.8, 4) is 0 Å². The molecule has 0 saturated heterocycles. The second-order valence-corrected chi connectivity index (χ2v) is 5.95. The molecule has 2 unspecified atom stereocenters. The van der Waals surface area contributed by atoms with Crippen LogP contribution in [0, 0.1) is 0 Å². The van der Waals surface area contributed by atoms with Gasteiger partial charge in [0.05, 0.1) is 0 Å². The molecule has 1 nitrogen and oxygen atoms in total. The van der Waals surface area contributed by atoms with E-state index in [1.165, 1.54) is 0 Å². The van der Waals surface area contributed by atoms with Gasteiger partial charge < -0.3 is 5.11 Å². The third-order valence-electron chi connectivity index (χ3n) is 2.59. The van der Waals surface area contributed by atoms with E-state index in [9.17, 15) is 9.50 Å². The average molecular weight is 306 g/mol. The van der Waals surface area contributed by atoms with Crippen LogP contribution in [-0.2, 0) is 0 Å². The predicted octanol–water partition coefficient (Wildman–Crippen LogP) is 3.85. The molecule has 16 heavy (non-hydrogen) atoms. The Labute approximate surface area is 107 Å². The second kappa shape index (κ2) is 4.13. The highest BCUT2D eigenvalue weighted by atomic mass is 79.9. The van der Waals surface area contributed by atoms with Crippen molar-refractivity contribution in [1.82, 2.24) is 0 Å². The SMILES string of the molecule is OC1(Cl)CC=C(c2ccccc2)C(F)(Br)C1. The van der Waals surface area contributed by atoms with E-state index in [1.54, 1.807) is 6.08 Å². The summed E-state index contributed by atoms with van der Waals surface area (Å²) in [7, 11) is 0. The number of aliphatic hydroxyl groups is 1. The van der Waals surface area contributed by atoms with Gasteiger partial charge in [-0.1, -0.05) is 48.0 Å². The minimum absolute atomic E-state index is 0.164. The van der Waals surface area contributed by atoms with Crippen LogP contribution in [-0.4, -0.2) is 14.7 Å². The van der Waals surface area contributed by atoms with E-state index in [2.05, 4.69) is 15.9 Å². The highest BCUT2D eigenvalue weighted by molar-refractivity contribution is 9.10. The van der Waals surface area contributed by atoms with Crippen LogP contribution in [0.5, 0.6) is 0 Å². The molecule has 0 amide bonds. The second-order valence-electron chi connectivity index (χ2n) is 3.99. The summed E-state index contributed by atoms with van der Waals surface area (Å²) < 4.78 is 12.5. The van der Waals surface area contributed by atoms with Gasteiger partial charge in [-0.2, -0.15) is 0 Å². The van der Waals surface area contributed by atoms with Crippen LogP contribution in [0.15, 0.2) is 36.4 Å². The van der Waals surface area contributed by atoms with Gasteiger partial charge in [-0.15, -0.1) is 0 Å². The molecule has 1 N–H and O–H groups in total. The quantitative estimate of drug-likeness (QED) is 0.781. The Balaban J connectivity index is 2.39. The zero-order valence-electron chi connectivity index (χ0n) is 8.46. The van der Waals surface area contributed by atoms with E-state index < -0.39 is 9.64 Å². The molecule has 0 fully saturated rings. The van der Waals surface area contributed by atoms with Crippen LogP contribution < -0.4 is 0 Å². The minimum Gasteiger partial charge on any atom is -0.375 e. The molecular formula is C12H11BrClFO. The molecular weight excluding hydrogens is 294 g/mol. The fraction of sp³-hybridized carbons (Fsp3) is 0.333. The van der Waals surface area contributed by atoms with E-state index in [4.69, 9.17) is 11.6 Å². The zero-order valence-corrected chi connectivity index (χ0v) is 10.8. The first-order valence-electron chi connectivity index (χ1n) is 4.96. The summed E-state index contributed by atoms with van der Waals surface area (Å²) in [4.78, 5) is 0. The Morgan fingerprint density at radius 3 is 2.50 bits per heavy atom. The third kappa shape index (κ3) is 2.47. The molecule has 1 aromatic rings. The van der Waals surface area contributed by atoms with Crippen LogP contribution >= 0.6 is 27.5 Å². The molecule has 86 valence electrons. The van der Waals surface area contributed by atoms with Gasteiger partial charge in [0, 0.05) is 18.4 Å². The minimum atomic E-state index is -1.77.